The molecule has 1 rings (SSSR count). The van der Waals surface area contributed by atoms with Crippen molar-refractivity contribution in [1.29, 1.82) is 0 Å². The van der Waals surface area contributed by atoms with Gasteiger partial charge in [0.25, 0.3) is 0 Å². The minimum atomic E-state index is -0.497. The molecule has 0 atom stereocenters. The summed E-state index contributed by atoms with van der Waals surface area (Å²) < 4.78 is 9.79. The van der Waals surface area contributed by atoms with Crippen LogP contribution in [0.1, 0.15) is 5.56 Å². The van der Waals surface area contributed by atoms with Crippen LogP contribution in [0, 0.1) is 10.1 Å². The van der Waals surface area contributed by atoms with Crippen LogP contribution in [0.2, 0.25) is 0 Å². The van der Waals surface area contributed by atoms with E-state index in [9.17, 15) is 10.1 Å². The van der Waals surface area contributed by atoms with E-state index < -0.39 is 4.92 Å². The van der Waals surface area contributed by atoms with Crippen molar-refractivity contribution in [3.63, 3.8) is 0 Å². The third kappa shape index (κ3) is 4.05. The van der Waals surface area contributed by atoms with Crippen LogP contribution in [0.15, 0.2) is 24.3 Å². The van der Waals surface area contributed by atoms with Gasteiger partial charge >= 0.3 is 5.69 Å². The van der Waals surface area contributed by atoms with Gasteiger partial charge in [0.1, 0.15) is 0 Å². The molecular formula is C11H12ClNO4. The molecule has 0 spiro atoms. The zero-order chi connectivity index (χ0) is 12.7. The molecule has 0 radical (unpaired) electrons. The Morgan fingerprint density at radius 1 is 1.53 bits per heavy atom. The number of methoxy groups -OCH3 is 1. The molecule has 1 aromatic carbocycles. The van der Waals surface area contributed by atoms with Crippen molar-refractivity contribution < 1.29 is 14.4 Å². The van der Waals surface area contributed by atoms with Crippen LogP contribution >= 0.6 is 11.6 Å². The maximum absolute atomic E-state index is 10.8. The van der Waals surface area contributed by atoms with Crippen molar-refractivity contribution in [1.82, 2.24) is 0 Å². The largest absolute Gasteiger partial charge is 0.460 e. The lowest BCUT2D eigenvalue weighted by atomic mass is 10.2. The van der Waals surface area contributed by atoms with Crippen LogP contribution in [0.25, 0.3) is 6.08 Å². The zero-order valence-electron chi connectivity index (χ0n) is 9.26. The average molecular weight is 258 g/mol. The molecule has 0 aliphatic rings. The Morgan fingerprint density at radius 2 is 2.29 bits per heavy atom. The number of nitro benzene ring substituents is 1. The molecule has 0 N–H and O–H groups in total. The molecule has 17 heavy (non-hydrogen) atoms. The second kappa shape index (κ2) is 6.88. The number of nitro groups is 1. The maximum atomic E-state index is 10.8. The molecule has 0 fully saturated rings. The Morgan fingerprint density at radius 3 is 2.88 bits per heavy atom. The number of allylic oxidation sites excluding steroid dienone is 1. The Labute approximate surface area is 104 Å². The van der Waals surface area contributed by atoms with Gasteiger partial charge < -0.3 is 9.47 Å². The fraction of sp³-hybridized carbons (Fsp3) is 0.273. The predicted molar refractivity (Wildman–Crippen MR) is 65.4 cm³/mol. The number of ether oxygens (including phenoxy) is 2. The van der Waals surface area contributed by atoms with Crippen LogP contribution in [0.4, 0.5) is 5.69 Å². The maximum Gasteiger partial charge on any atom is 0.311 e. The minimum Gasteiger partial charge on any atom is -0.460 e. The zero-order valence-corrected chi connectivity index (χ0v) is 10.0. The summed E-state index contributed by atoms with van der Waals surface area (Å²) in [5.74, 6) is 0.537. The predicted octanol–water partition coefficient (Wildman–Crippen LogP) is 2.83. The Bertz CT molecular complexity index is 420. The number of nitrogens with zero attached hydrogens (tertiary/aromatic N) is 1. The number of alkyl halides is 1. The first-order valence-electron chi connectivity index (χ1n) is 4.81. The Kier molecular flexibility index (Phi) is 5.45. The van der Waals surface area contributed by atoms with Crippen LogP contribution in [0.5, 0.6) is 5.75 Å². The van der Waals surface area contributed by atoms with Crippen molar-refractivity contribution in [2.24, 2.45) is 0 Å². The van der Waals surface area contributed by atoms with Crippen molar-refractivity contribution in [3.8, 4) is 5.75 Å². The lowest BCUT2D eigenvalue weighted by molar-refractivity contribution is -0.386. The van der Waals surface area contributed by atoms with E-state index in [0.717, 1.165) is 0 Å². The van der Waals surface area contributed by atoms with Crippen molar-refractivity contribution in [3.05, 3.63) is 40.0 Å². The van der Waals surface area contributed by atoms with Gasteiger partial charge in [0.05, 0.1) is 4.92 Å². The fourth-order valence-electron chi connectivity index (χ4n) is 1.21. The topological polar surface area (TPSA) is 61.6 Å². The molecule has 0 unspecified atom stereocenters. The van der Waals surface area contributed by atoms with Crippen LogP contribution < -0.4 is 4.74 Å². The SMILES string of the molecule is COCOc1ccc(C=CCCl)cc1[N+](=O)[O-]. The first-order valence-corrected chi connectivity index (χ1v) is 5.35. The number of hydrogen-bond acceptors (Lipinski definition) is 4. The smallest absolute Gasteiger partial charge is 0.311 e. The number of rotatable bonds is 6. The van der Waals surface area contributed by atoms with Crippen LogP contribution in [0.3, 0.4) is 0 Å². The molecule has 0 bridgehead atoms. The van der Waals surface area contributed by atoms with E-state index in [4.69, 9.17) is 21.1 Å². The lowest BCUT2D eigenvalue weighted by Gasteiger charge is -2.05. The first-order chi connectivity index (χ1) is 8.19. The van der Waals surface area contributed by atoms with Gasteiger partial charge in [-0.05, 0) is 11.6 Å². The second-order valence-electron chi connectivity index (χ2n) is 3.09. The summed E-state index contributed by atoms with van der Waals surface area (Å²) in [5, 5.41) is 10.8. The molecule has 0 amide bonds. The highest BCUT2D eigenvalue weighted by Gasteiger charge is 2.15. The van der Waals surface area contributed by atoms with Gasteiger partial charge in [0.15, 0.2) is 12.5 Å². The molecule has 0 aliphatic heterocycles. The van der Waals surface area contributed by atoms with E-state index in [1.54, 1.807) is 18.2 Å². The summed E-state index contributed by atoms with van der Waals surface area (Å²) in [7, 11) is 1.45. The lowest BCUT2D eigenvalue weighted by Crippen LogP contribution is -2.02. The molecule has 1 aromatic rings. The molecule has 0 saturated carbocycles. The van der Waals surface area contributed by atoms with E-state index in [2.05, 4.69) is 0 Å². The summed E-state index contributed by atoms with van der Waals surface area (Å²) in [6.07, 6.45) is 3.41. The molecule has 6 heteroatoms. The summed E-state index contributed by atoms with van der Waals surface area (Å²) >= 11 is 5.49. The van der Waals surface area contributed by atoms with Gasteiger partial charge in [0, 0.05) is 19.1 Å². The Balaban J connectivity index is 2.99. The van der Waals surface area contributed by atoms with E-state index in [1.165, 1.54) is 19.2 Å². The van der Waals surface area contributed by atoms with Crippen LogP contribution in [-0.4, -0.2) is 24.7 Å². The van der Waals surface area contributed by atoms with Crippen LogP contribution in [-0.2, 0) is 4.74 Å². The summed E-state index contributed by atoms with van der Waals surface area (Å²) in [4.78, 5) is 10.3. The third-order valence-corrected chi connectivity index (χ3v) is 2.09. The van der Waals surface area contributed by atoms with E-state index in [1.807, 2.05) is 0 Å². The molecule has 0 aromatic heterocycles. The molecule has 0 saturated heterocycles. The molecule has 0 heterocycles. The molecular weight excluding hydrogens is 246 g/mol. The second-order valence-corrected chi connectivity index (χ2v) is 3.40. The third-order valence-electron chi connectivity index (χ3n) is 1.91. The molecule has 0 aliphatic carbocycles. The van der Waals surface area contributed by atoms with Gasteiger partial charge in [-0.3, -0.25) is 10.1 Å². The van der Waals surface area contributed by atoms with E-state index in [0.29, 0.717) is 11.4 Å². The van der Waals surface area contributed by atoms with Gasteiger partial charge in [-0.15, -0.1) is 11.6 Å². The van der Waals surface area contributed by atoms with Crippen molar-refractivity contribution in [2.75, 3.05) is 19.8 Å². The highest BCUT2D eigenvalue weighted by Crippen LogP contribution is 2.28. The summed E-state index contributed by atoms with van der Waals surface area (Å²) in [5.41, 5.74) is 0.598. The number of hydrogen-bond donors (Lipinski definition) is 0. The van der Waals surface area contributed by atoms with E-state index in [-0.39, 0.29) is 18.2 Å². The van der Waals surface area contributed by atoms with Crippen molar-refractivity contribution >= 4 is 23.4 Å². The van der Waals surface area contributed by atoms with Crippen molar-refractivity contribution in [2.45, 2.75) is 0 Å². The highest BCUT2D eigenvalue weighted by atomic mass is 35.5. The minimum absolute atomic E-state index is 0.0301. The monoisotopic (exact) mass is 257 g/mol. The fourth-order valence-corrected chi connectivity index (χ4v) is 1.29. The van der Waals surface area contributed by atoms with E-state index >= 15 is 0 Å². The van der Waals surface area contributed by atoms with Gasteiger partial charge in [-0.25, -0.2) is 0 Å². The highest BCUT2D eigenvalue weighted by molar-refractivity contribution is 6.19. The number of benzene rings is 1. The summed E-state index contributed by atoms with van der Waals surface area (Å²) in [6.45, 7) is -0.0301. The quantitative estimate of drug-likeness (QED) is 0.340. The first kappa shape index (κ1) is 13.5. The van der Waals surface area contributed by atoms with Gasteiger partial charge in [0.2, 0.25) is 0 Å². The van der Waals surface area contributed by atoms with Gasteiger partial charge in [-0.1, -0.05) is 18.2 Å². The normalized spacial score (nSPS) is 10.7. The average Bonchev–Trinajstić information content (AvgIpc) is 2.34. The molecule has 92 valence electrons. The standard InChI is InChI=1S/C11H12ClNO4/c1-16-8-17-11-5-4-9(3-2-6-12)7-10(11)13(14)15/h2-5,7H,6,8H2,1H3. The Hall–Kier alpha value is -1.59. The summed E-state index contributed by atoms with van der Waals surface area (Å²) in [6, 6.07) is 4.67. The van der Waals surface area contributed by atoms with Gasteiger partial charge in [-0.2, -0.15) is 0 Å². The number of halogens is 1. The molecule has 5 nitrogen and oxygen atoms in total.